The fraction of sp³-hybridized carbons (Fsp3) is 0.316. The van der Waals surface area contributed by atoms with Crippen molar-refractivity contribution in [3.63, 3.8) is 0 Å². The van der Waals surface area contributed by atoms with Crippen molar-refractivity contribution in [2.75, 3.05) is 11.1 Å². The Morgan fingerprint density at radius 1 is 1.32 bits per heavy atom. The average molecular weight is 394 g/mol. The summed E-state index contributed by atoms with van der Waals surface area (Å²) >= 11 is 1.56. The maximum atomic E-state index is 12.8. The van der Waals surface area contributed by atoms with Gasteiger partial charge in [-0.3, -0.25) is 18.7 Å². The number of aryl methyl sites for hydroxylation is 1. The van der Waals surface area contributed by atoms with Crippen molar-refractivity contribution in [1.29, 1.82) is 0 Å². The predicted molar refractivity (Wildman–Crippen MR) is 105 cm³/mol. The Morgan fingerprint density at radius 2 is 2.25 bits per heavy atom. The van der Waals surface area contributed by atoms with E-state index < -0.39 is 0 Å². The molecule has 1 aliphatic heterocycles. The van der Waals surface area contributed by atoms with Crippen molar-refractivity contribution in [3.05, 3.63) is 58.7 Å². The topological polar surface area (TPSA) is 94.7 Å². The van der Waals surface area contributed by atoms with Crippen LogP contribution in [-0.4, -0.2) is 35.7 Å². The summed E-state index contributed by atoms with van der Waals surface area (Å²) in [5, 5.41) is 3.62. The van der Waals surface area contributed by atoms with Crippen LogP contribution in [0.25, 0.3) is 5.82 Å². The van der Waals surface area contributed by atoms with Crippen LogP contribution in [0.4, 0.5) is 5.69 Å². The van der Waals surface area contributed by atoms with Gasteiger partial charge in [-0.1, -0.05) is 11.8 Å². The number of nitrogens with zero attached hydrogens (tertiary/aromatic N) is 5. The first kappa shape index (κ1) is 17.2. The summed E-state index contributed by atoms with van der Waals surface area (Å²) in [7, 11) is 0. The lowest BCUT2D eigenvalue weighted by Gasteiger charge is -2.14. The molecule has 0 bridgehead atoms. The summed E-state index contributed by atoms with van der Waals surface area (Å²) in [6.45, 7) is 0. The molecule has 3 aromatic rings. The van der Waals surface area contributed by atoms with Crippen LogP contribution in [0.3, 0.4) is 0 Å². The molecule has 3 aromatic heterocycles. The second-order valence-corrected chi connectivity index (χ2v) is 7.93. The van der Waals surface area contributed by atoms with E-state index in [-0.39, 0.29) is 23.9 Å². The fourth-order valence-corrected chi connectivity index (χ4v) is 4.89. The van der Waals surface area contributed by atoms with E-state index in [1.807, 2.05) is 6.07 Å². The largest absolute Gasteiger partial charge is 0.325 e. The van der Waals surface area contributed by atoms with Gasteiger partial charge in [0, 0.05) is 30.1 Å². The molecule has 5 rings (SSSR count). The Labute approximate surface area is 165 Å². The van der Waals surface area contributed by atoms with E-state index in [1.54, 1.807) is 51.9 Å². The zero-order chi connectivity index (χ0) is 19.1. The minimum absolute atomic E-state index is 0.0339. The third kappa shape index (κ3) is 3.01. The lowest BCUT2D eigenvalue weighted by molar-refractivity contribution is -0.116. The van der Waals surface area contributed by atoms with Gasteiger partial charge in [0.05, 0.1) is 23.6 Å². The van der Waals surface area contributed by atoms with Crippen LogP contribution in [0.1, 0.15) is 30.1 Å². The van der Waals surface area contributed by atoms with E-state index >= 15 is 0 Å². The zero-order valence-electron chi connectivity index (χ0n) is 15.0. The molecule has 1 N–H and O–H groups in total. The summed E-state index contributed by atoms with van der Waals surface area (Å²) in [6.07, 6.45) is 9.66. The molecule has 0 radical (unpaired) electrons. The maximum absolute atomic E-state index is 12.8. The van der Waals surface area contributed by atoms with Gasteiger partial charge in [-0.15, -0.1) is 0 Å². The number of carbonyl (C=O) groups is 1. The highest BCUT2D eigenvalue weighted by molar-refractivity contribution is 7.99. The number of anilines is 1. The van der Waals surface area contributed by atoms with E-state index in [2.05, 4.69) is 20.3 Å². The van der Waals surface area contributed by atoms with Gasteiger partial charge in [0.1, 0.15) is 12.1 Å². The number of nitrogens with one attached hydrogen (secondary N) is 1. The number of carbonyl (C=O) groups excluding carboxylic acids is 1. The Morgan fingerprint density at radius 3 is 3.04 bits per heavy atom. The molecule has 0 fully saturated rings. The molecule has 0 saturated heterocycles. The molecular weight excluding hydrogens is 376 g/mol. The lowest BCUT2D eigenvalue weighted by Crippen LogP contribution is -2.30. The average Bonchev–Trinajstić information content (AvgIpc) is 3.43. The molecule has 0 aromatic carbocycles. The molecule has 4 heterocycles. The van der Waals surface area contributed by atoms with Gasteiger partial charge >= 0.3 is 0 Å². The maximum Gasteiger partial charge on any atom is 0.257 e. The quantitative estimate of drug-likeness (QED) is 0.680. The summed E-state index contributed by atoms with van der Waals surface area (Å²) in [4.78, 5) is 38.3. The summed E-state index contributed by atoms with van der Waals surface area (Å²) in [5.41, 5.74) is 2.43. The van der Waals surface area contributed by atoms with E-state index in [0.717, 1.165) is 41.5 Å². The van der Waals surface area contributed by atoms with Crippen LogP contribution >= 0.6 is 11.8 Å². The van der Waals surface area contributed by atoms with E-state index in [9.17, 15) is 9.59 Å². The Hall–Kier alpha value is -2.94. The van der Waals surface area contributed by atoms with E-state index in [4.69, 9.17) is 0 Å². The highest BCUT2D eigenvalue weighted by atomic mass is 32.2. The van der Waals surface area contributed by atoms with Crippen molar-refractivity contribution in [3.8, 4) is 5.82 Å². The normalized spacial score (nSPS) is 17.4. The van der Waals surface area contributed by atoms with Crippen molar-refractivity contribution in [2.24, 2.45) is 0 Å². The van der Waals surface area contributed by atoms with Gasteiger partial charge in [-0.25, -0.2) is 15.0 Å². The highest BCUT2D eigenvalue weighted by Crippen LogP contribution is 2.34. The molecule has 1 atom stereocenters. The summed E-state index contributed by atoms with van der Waals surface area (Å²) < 4.78 is 3.50. The van der Waals surface area contributed by atoms with Crippen molar-refractivity contribution in [1.82, 2.24) is 24.1 Å². The predicted octanol–water partition coefficient (Wildman–Crippen LogP) is 1.99. The molecule has 1 amide bonds. The van der Waals surface area contributed by atoms with Gasteiger partial charge in [-0.2, -0.15) is 0 Å². The van der Waals surface area contributed by atoms with Crippen LogP contribution in [0.5, 0.6) is 0 Å². The lowest BCUT2D eigenvalue weighted by atomic mass is 10.2. The summed E-state index contributed by atoms with van der Waals surface area (Å²) in [5.74, 6) is 1.28. The first-order chi connectivity index (χ1) is 13.7. The SMILES string of the molecule is O=C(CC1CSc2nc3c(c(=O)n21)CCC3)Nc1ccc(-n2ccnc2)nc1. The van der Waals surface area contributed by atoms with Crippen LogP contribution in [0.15, 0.2) is 47.0 Å². The van der Waals surface area contributed by atoms with Crippen LogP contribution in [0.2, 0.25) is 0 Å². The second-order valence-electron chi connectivity index (χ2n) is 6.94. The van der Waals surface area contributed by atoms with Crippen molar-refractivity contribution >= 4 is 23.4 Å². The molecule has 9 heteroatoms. The van der Waals surface area contributed by atoms with E-state index in [0.29, 0.717) is 11.4 Å². The highest BCUT2D eigenvalue weighted by Gasteiger charge is 2.31. The van der Waals surface area contributed by atoms with Crippen LogP contribution in [-0.2, 0) is 17.6 Å². The third-order valence-corrected chi connectivity index (χ3v) is 6.19. The number of amides is 1. The number of hydrogen-bond acceptors (Lipinski definition) is 6. The molecule has 1 unspecified atom stereocenters. The van der Waals surface area contributed by atoms with Crippen LogP contribution in [0, 0.1) is 0 Å². The molecule has 28 heavy (non-hydrogen) atoms. The van der Waals surface area contributed by atoms with E-state index in [1.165, 1.54) is 0 Å². The fourth-order valence-electron chi connectivity index (χ4n) is 3.74. The minimum Gasteiger partial charge on any atom is -0.325 e. The molecular formula is C19H18N6O2S. The number of thioether (sulfide) groups is 1. The number of pyridine rings is 1. The number of rotatable bonds is 4. The monoisotopic (exact) mass is 394 g/mol. The number of hydrogen-bond donors (Lipinski definition) is 1. The molecule has 2 aliphatic rings. The van der Waals surface area contributed by atoms with Gasteiger partial charge in [0.2, 0.25) is 5.91 Å². The third-order valence-electron chi connectivity index (χ3n) is 5.09. The first-order valence-corrected chi connectivity index (χ1v) is 10.2. The Kier molecular flexibility index (Phi) is 4.23. The number of fused-ring (bicyclic) bond motifs is 2. The van der Waals surface area contributed by atoms with Crippen molar-refractivity contribution in [2.45, 2.75) is 36.9 Å². The second kappa shape index (κ2) is 6.90. The number of imidazole rings is 1. The van der Waals surface area contributed by atoms with Gasteiger partial charge < -0.3 is 5.32 Å². The number of aromatic nitrogens is 5. The first-order valence-electron chi connectivity index (χ1n) is 9.20. The zero-order valence-corrected chi connectivity index (χ0v) is 15.9. The Bertz CT molecular complexity index is 1090. The molecule has 8 nitrogen and oxygen atoms in total. The minimum atomic E-state index is -0.163. The smallest absolute Gasteiger partial charge is 0.257 e. The standard InChI is InChI=1S/C19H18N6O2S/c26-17(22-12-4-5-16(21-9-12)24-7-6-20-11-24)8-13-10-28-19-23-15-3-1-2-14(15)18(27)25(13)19/h4-7,9,11,13H,1-3,8,10H2,(H,22,26). The molecule has 0 spiro atoms. The molecule has 0 saturated carbocycles. The summed E-state index contributed by atoms with van der Waals surface area (Å²) in [6, 6.07) is 3.46. The van der Waals surface area contributed by atoms with Gasteiger partial charge in [0.15, 0.2) is 5.16 Å². The van der Waals surface area contributed by atoms with Crippen LogP contribution < -0.4 is 10.9 Å². The van der Waals surface area contributed by atoms with Gasteiger partial charge in [0.25, 0.3) is 5.56 Å². The van der Waals surface area contributed by atoms with Crippen molar-refractivity contribution < 1.29 is 4.79 Å². The molecule has 142 valence electrons. The Balaban J connectivity index is 1.29. The van der Waals surface area contributed by atoms with Gasteiger partial charge in [-0.05, 0) is 31.4 Å². The molecule has 1 aliphatic carbocycles.